The van der Waals surface area contributed by atoms with Gasteiger partial charge in [0.25, 0.3) is 0 Å². The SMILES string of the molecule is Cc1c(OCC(=O)OC(C)(C)C)cccc1[S+](c1ccccc1)c1ccccc1. The highest BCUT2D eigenvalue weighted by molar-refractivity contribution is 7.97. The highest BCUT2D eigenvalue weighted by atomic mass is 32.2. The molecule has 0 fully saturated rings. The van der Waals surface area contributed by atoms with Crippen molar-refractivity contribution in [1.29, 1.82) is 0 Å². The molecule has 0 aromatic heterocycles. The van der Waals surface area contributed by atoms with Gasteiger partial charge in [0.05, 0.1) is 10.9 Å². The van der Waals surface area contributed by atoms with Crippen molar-refractivity contribution in [3.8, 4) is 5.75 Å². The van der Waals surface area contributed by atoms with E-state index in [1.807, 2.05) is 52.0 Å². The molecule has 3 nitrogen and oxygen atoms in total. The fourth-order valence-electron chi connectivity index (χ4n) is 2.98. The summed E-state index contributed by atoms with van der Waals surface area (Å²) in [5.74, 6) is 0.338. The van der Waals surface area contributed by atoms with Crippen LogP contribution in [0.1, 0.15) is 26.3 Å². The molecule has 0 atom stereocenters. The molecular weight excluding hydrogens is 380 g/mol. The number of benzene rings is 3. The number of carbonyl (C=O) groups excluding carboxylic acids is 1. The third-order valence-electron chi connectivity index (χ3n) is 4.18. The van der Waals surface area contributed by atoms with Crippen LogP contribution in [-0.2, 0) is 20.4 Å². The average Bonchev–Trinajstić information content (AvgIpc) is 2.69. The van der Waals surface area contributed by atoms with Gasteiger partial charge in [-0.25, -0.2) is 4.79 Å². The lowest BCUT2D eigenvalue weighted by Crippen LogP contribution is -2.27. The molecule has 0 aliphatic heterocycles. The first-order chi connectivity index (χ1) is 13.8. The molecule has 29 heavy (non-hydrogen) atoms. The maximum absolute atomic E-state index is 12.1. The molecule has 0 spiro atoms. The van der Waals surface area contributed by atoms with E-state index in [2.05, 4.69) is 54.6 Å². The summed E-state index contributed by atoms with van der Waals surface area (Å²) in [5, 5.41) is 0. The third-order valence-corrected chi connectivity index (χ3v) is 6.55. The molecule has 3 rings (SSSR count). The molecule has 3 aromatic rings. The standard InChI is InChI=1S/C25H27O3S/c1-19-22(27-18-24(26)28-25(2,3)4)16-11-17-23(19)29(20-12-7-5-8-13-20)21-14-9-6-10-15-21/h5-17H,18H2,1-4H3/q+1. The molecule has 0 unspecified atom stereocenters. The zero-order valence-electron chi connectivity index (χ0n) is 17.3. The van der Waals surface area contributed by atoms with Crippen LogP contribution in [0, 0.1) is 6.92 Å². The van der Waals surface area contributed by atoms with Crippen molar-refractivity contribution in [2.75, 3.05) is 6.61 Å². The summed E-state index contributed by atoms with van der Waals surface area (Å²) >= 11 is 0. The minimum atomic E-state index is -0.523. The first-order valence-corrected chi connectivity index (χ1v) is 10.9. The summed E-state index contributed by atoms with van der Waals surface area (Å²) in [6, 6.07) is 27.0. The minimum absolute atomic E-state index is 0.105. The van der Waals surface area contributed by atoms with Crippen LogP contribution in [0.25, 0.3) is 0 Å². The Morgan fingerprint density at radius 3 is 1.90 bits per heavy atom. The summed E-state index contributed by atoms with van der Waals surface area (Å²) in [6.45, 7) is 7.49. The molecule has 0 N–H and O–H groups in total. The number of esters is 1. The van der Waals surface area contributed by atoms with Crippen LogP contribution in [0.2, 0.25) is 0 Å². The lowest BCUT2D eigenvalue weighted by molar-refractivity contribution is -0.157. The number of hydrogen-bond donors (Lipinski definition) is 0. The topological polar surface area (TPSA) is 35.5 Å². The molecule has 4 heteroatoms. The zero-order chi connectivity index (χ0) is 20.9. The van der Waals surface area contributed by atoms with Gasteiger partial charge in [0.1, 0.15) is 11.4 Å². The van der Waals surface area contributed by atoms with Crippen LogP contribution in [0.5, 0.6) is 5.75 Å². The highest BCUT2D eigenvalue weighted by Crippen LogP contribution is 2.36. The Bertz CT molecular complexity index is 907. The summed E-state index contributed by atoms with van der Waals surface area (Å²) in [7, 11) is -0.263. The van der Waals surface area contributed by atoms with Gasteiger partial charge in [-0.05, 0) is 64.1 Å². The molecular formula is C25H27O3S+. The van der Waals surface area contributed by atoms with E-state index in [0.29, 0.717) is 5.75 Å². The molecule has 3 aromatic carbocycles. The number of hydrogen-bond acceptors (Lipinski definition) is 3. The smallest absolute Gasteiger partial charge is 0.344 e. The quantitative estimate of drug-likeness (QED) is 0.382. The Labute approximate surface area is 176 Å². The summed E-state index contributed by atoms with van der Waals surface area (Å²) in [6.07, 6.45) is 0. The van der Waals surface area contributed by atoms with Crippen molar-refractivity contribution in [2.45, 2.75) is 48.0 Å². The highest BCUT2D eigenvalue weighted by Gasteiger charge is 2.31. The Balaban J connectivity index is 1.92. The first kappa shape index (κ1) is 21.0. The van der Waals surface area contributed by atoms with Crippen molar-refractivity contribution >= 4 is 16.9 Å². The molecule has 0 bridgehead atoms. The second-order valence-corrected chi connectivity index (χ2v) is 9.68. The fraction of sp³-hybridized carbons (Fsp3) is 0.240. The van der Waals surface area contributed by atoms with Crippen molar-refractivity contribution in [1.82, 2.24) is 0 Å². The predicted octanol–water partition coefficient (Wildman–Crippen LogP) is 5.81. The third kappa shape index (κ3) is 5.64. The largest absolute Gasteiger partial charge is 0.481 e. The number of rotatable bonds is 6. The number of carbonyl (C=O) groups is 1. The van der Waals surface area contributed by atoms with Gasteiger partial charge in [-0.2, -0.15) is 0 Å². The van der Waals surface area contributed by atoms with Crippen molar-refractivity contribution in [2.24, 2.45) is 0 Å². The molecule has 0 heterocycles. The van der Waals surface area contributed by atoms with Gasteiger partial charge in [0, 0.05) is 5.56 Å². The zero-order valence-corrected chi connectivity index (χ0v) is 18.2. The molecule has 0 aliphatic rings. The maximum Gasteiger partial charge on any atom is 0.344 e. The van der Waals surface area contributed by atoms with Gasteiger partial charge >= 0.3 is 5.97 Å². The molecule has 0 saturated heterocycles. The summed E-state index contributed by atoms with van der Waals surface area (Å²) in [4.78, 5) is 15.7. The van der Waals surface area contributed by atoms with E-state index < -0.39 is 5.60 Å². The van der Waals surface area contributed by atoms with Gasteiger partial charge in [0.2, 0.25) is 0 Å². The molecule has 150 valence electrons. The number of ether oxygens (including phenoxy) is 2. The fourth-order valence-corrected chi connectivity index (χ4v) is 5.24. The van der Waals surface area contributed by atoms with E-state index in [1.165, 1.54) is 14.7 Å². The summed E-state index contributed by atoms with van der Waals surface area (Å²) in [5.41, 5.74) is 0.511. The van der Waals surface area contributed by atoms with Gasteiger partial charge < -0.3 is 9.47 Å². The van der Waals surface area contributed by atoms with Gasteiger partial charge in [-0.15, -0.1) is 0 Å². The summed E-state index contributed by atoms with van der Waals surface area (Å²) < 4.78 is 11.2. The average molecular weight is 408 g/mol. The van der Waals surface area contributed by atoms with Crippen LogP contribution in [-0.4, -0.2) is 18.2 Å². The van der Waals surface area contributed by atoms with E-state index in [4.69, 9.17) is 9.47 Å². The van der Waals surface area contributed by atoms with E-state index in [9.17, 15) is 4.79 Å². The van der Waals surface area contributed by atoms with Crippen molar-refractivity contribution < 1.29 is 14.3 Å². The normalized spacial score (nSPS) is 11.3. The Morgan fingerprint density at radius 2 is 1.38 bits per heavy atom. The first-order valence-electron chi connectivity index (χ1n) is 9.64. The van der Waals surface area contributed by atoms with Crippen LogP contribution in [0.4, 0.5) is 0 Å². The van der Waals surface area contributed by atoms with Gasteiger partial charge in [0.15, 0.2) is 21.3 Å². The van der Waals surface area contributed by atoms with E-state index >= 15 is 0 Å². The molecule has 0 saturated carbocycles. The van der Waals surface area contributed by atoms with Crippen molar-refractivity contribution in [3.05, 3.63) is 84.4 Å². The molecule has 0 aliphatic carbocycles. The van der Waals surface area contributed by atoms with E-state index in [-0.39, 0.29) is 23.5 Å². The van der Waals surface area contributed by atoms with Crippen LogP contribution in [0.15, 0.2) is 93.5 Å². The van der Waals surface area contributed by atoms with E-state index in [0.717, 1.165) is 5.56 Å². The second kappa shape index (κ2) is 9.19. The molecule has 0 amide bonds. The lowest BCUT2D eigenvalue weighted by atomic mass is 10.2. The lowest BCUT2D eigenvalue weighted by Gasteiger charge is -2.20. The maximum atomic E-state index is 12.1. The van der Waals surface area contributed by atoms with Crippen LogP contribution < -0.4 is 4.74 Å². The minimum Gasteiger partial charge on any atom is -0.481 e. The van der Waals surface area contributed by atoms with Crippen molar-refractivity contribution in [3.63, 3.8) is 0 Å². The monoisotopic (exact) mass is 407 g/mol. The second-order valence-electron chi connectivity index (χ2n) is 7.69. The Kier molecular flexibility index (Phi) is 6.65. The predicted molar refractivity (Wildman–Crippen MR) is 118 cm³/mol. The van der Waals surface area contributed by atoms with Crippen LogP contribution >= 0.6 is 0 Å². The molecule has 0 radical (unpaired) electrons. The van der Waals surface area contributed by atoms with Gasteiger partial charge in [-0.3, -0.25) is 0 Å². The van der Waals surface area contributed by atoms with Gasteiger partial charge in [-0.1, -0.05) is 42.5 Å². The Hall–Kier alpha value is -2.72. The van der Waals surface area contributed by atoms with E-state index in [1.54, 1.807) is 0 Å². The Morgan fingerprint density at radius 1 is 0.828 bits per heavy atom. The van der Waals surface area contributed by atoms with Crippen LogP contribution in [0.3, 0.4) is 0 Å².